The standard InChI is InChI=1S/C34H42N8O6S/c1-24-12-18-28(19-13-24)49(46,47)41(6)32-36-31(37-33(38-32)42(21-20-39(2)3)23-26-10-8-7-9-11-26)35-29(30(43)44)22-25-14-16-27(17-15-25)48-34(45)40(4)5/h7-19,29H,20-23H2,1-6H3,(H,43,44)(H,35,36,37,38)/t29-/m0/s1. The second-order valence-electron chi connectivity index (χ2n) is 11.9. The molecule has 14 nitrogen and oxygen atoms in total. The topological polar surface area (TPSA) is 161 Å². The average molecular weight is 691 g/mol. The van der Waals surface area contributed by atoms with Gasteiger partial charge in [-0.2, -0.15) is 15.0 Å². The first kappa shape index (κ1) is 36.6. The number of hydrogen-bond donors (Lipinski definition) is 2. The minimum atomic E-state index is -4.09. The summed E-state index contributed by atoms with van der Waals surface area (Å²) in [5.74, 6) is -1.01. The fraction of sp³-hybridized carbons (Fsp3) is 0.324. The Morgan fingerprint density at radius 2 is 1.45 bits per heavy atom. The maximum atomic E-state index is 13.7. The average Bonchev–Trinajstić information content (AvgIpc) is 3.07. The highest BCUT2D eigenvalue weighted by atomic mass is 32.2. The first-order valence-corrected chi connectivity index (χ1v) is 16.9. The van der Waals surface area contributed by atoms with Crippen LogP contribution in [0, 0.1) is 6.92 Å². The van der Waals surface area contributed by atoms with E-state index in [9.17, 15) is 23.1 Å². The van der Waals surface area contributed by atoms with Crippen LogP contribution in [-0.2, 0) is 27.8 Å². The minimum absolute atomic E-state index is 0.0133. The van der Waals surface area contributed by atoms with Crippen molar-refractivity contribution >= 4 is 39.9 Å². The molecular formula is C34H42N8O6S. The number of anilines is 3. The third kappa shape index (κ3) is 10.1. The second kappa shape index (κ2) is 16.2. The number of nitrogens with one attached hydrogen (secondary N) is 1. The molecule has 0 spiro atoms. The summed E-state index contributed by atoms with van der Waals surface area (Å²) in [5.41, 5.74) is 2.51. The monoisotopic (exact) mass is 690 g/mol. The molecule has 0 saturated carbocycles. The summed E-state index contributed by atoms with van der Waals surface area (Å²) in [6, 6.07) is 21.4. The molecule has 0 unspecified atom stereocenters. The molecule has 1 atom stereocenters. The summed E-state index contributed by atoms with van der Waals surface area (Å²) in [5, 5.41) is 13.1. The summed E-state index contributed by atoms with van der Waals surface area (Å²) in [4.78, 5) is 43.2. The number of carboxylic acid groups (broad SMARTS) is 1. The first-order valence-electron chi connectivity index (χ1n) is 15.5. The number of ether oxygens (including phenoxy) is 1. The van der Waals surface area contributed by atoms with Gasteiger partial charge in [0.2, 0.25) is 17.8 Å². The molecule has 0 fully saturated rings. The van der Waals surface area contributed by atoms with Crippen LogP contribution in [0.2, 0.25) is 0 Å². The molecule has 260 valence electrons. The van der Waals surface area contributed by atoms with Gasteiger partial charge in [0.05, 0.1) is 4.90 Å². The number of sulfonamides is 1. The van der Waals surface area contributed by atoms with Gasteiger partial charge in [-0.1, -0.05) is 60.2 Å². The molecule has 2 N–H and O–H groups in total. The van der Waals surface area contributed by atoms with Crippen molar-refractivity contribution in [3.05, 3.63) is 95.6 Å². The smallest absolute Gasteiger partial charge is 0.414 e. The van der Waals surface area contributed by atoms with Crippen LogP contribution in [0.3, 0.4) is 0 Å². The predicted molar refractivity (Wildman–Crippen MR) is 188 cm³/mol. The second-order valence-corrected chi connectivity index (χ2v) is 13.9. The van der Waals surface area contributed by atoms with E-state index in [4.69, 9.17) is 4.74 Å². The number of aryl methyl sites for hydroxylation is 1. The number of amides is 1. The Morgan fingerprint density at radius 1 is 0.816 bits per heavy atom. The molecule has 0 aliphatic heterocycles. The zero-order chi connectivity index (χ0) is 35.7. The molecule has 3 aromatic carbocycles. The Kier molecular flexibility index (Phi) is 12.1. The molecule has 0 aliphatic carbocycles. The number of hydrogen-bond acceptors (Lipinski definition) is 11. The molecule has 15 heteroatoms. The van der Waals surface area contributed by atoms with Gasteiger partial charge in [0.1, 0.15) is 11.8 Å². The molecule has 1 aromatic heterocycles. The zero-order valence-electron chi connectivity index (χ0n) is 28.4. The van der Waals surface area contributed by atoms with Crippen molar-refractivity contribution < 1.29 is 27.9 Å². The van der Waals surface area contributed by atoms with E-state index in [1.165, 1.54) is 24.1 Å². The van der Waals surface area contributed by atoms with Crippen molar-refractivity contribution in [2.75, 3.05) is 62.8 Å². The molecule has 1 heterocycles. The number of benzene rings is 3. The largest absolute Gasteiger partial charge is 0.480 e. The molecule has 1 amide bonds. The molecule has 4 rings (SSSR count). The normalized spacial score (nSPS) is 11.9. The number of likely N-dealkylation sites (N-methyl/N-ethyl adjacent to an activating group) is 1. The Labute approximate surface area is 287 Å². The highest BCUT2D eigenvalue weighted by Crippen LogP contribution is 2.24. The summed E-state index contributed by atoms with van der Waals surface area (Å²) in [7, 11) is 4.26. The van der Waals surface area contributed by atoms with Gasteiger partial charge >= 0.3 is 12.1 Å². The highest BCUT2D eigenvalue weighted by molar-refractivity contribution is 7.92. The van der Waals surface area contributed by atoms with E-state index in [2.05, 4.69) is 20.3 Å². The van der Waals surface area contributed by atoms with Gasteiger partial charge in [-0.3, -0.25) is 0 Å². The lowest BCUT2D eigenvalue weighted by atomic mass is 10.1. The third-order valence-corrected chi connectivity index (χ3v) is 9.18. The minimum Gasteiger partial charge on any atom is -0.480 e. The lowest BCUT2D eigenvalue weighted by Gasteiger charge is -2.26. The van der Waals surface area contributed by atoms with Gasteiger partial charge in [0.25, 0.3) is 10.0 Å². The number of aliphatic carboxylic acids is 1. The number of carbonyl (C=O) groups is 2. The Morgan fingerprint density at radius 3 is 2.04 bits per heavy atom. The van der Waals surface area contributed by atoms with Crippen molar-refractivity contribution in [3.8, 4) is 5.75 Å². The van der Waals surface area contributed by atoms with Crippen molar-refractivity contribution in [2.45, 2.75) is 30.8 Å². The highest BCUT2D eigenvalue weighted by Gasteiger charge is 2.27. The van der Waals surface area contributed by atoms with Crippen LogP contribution in [0.1, 0.15) is 16.7 Å². The zero-order valence-corrected chi connectivity index (χ0v) is 29.3. The molecule has 0 saturated heterocycles. The Balaban J connectivity index is 1.72. The van der Waals surface area contributed by atoms with Crippen LogP contribution in [-0.4, -0.2) is 105 Å². The molecule has 49 heavy (non-hydrogen) atoms. The molecule has 0 aliphatic rings. The maximum absolute atomic E-state index is 13.7. The summed E-state index contributed by atoms with van der Waals surface area (Å²) >= 11 is 0. The SMILES string of the molecule is Cc1ccc(S(=O)(=O)N(C)c2nc(N[C@@H](Cc3ccc(OC(=O)N(C)C)cc3)C(=O)O)nc(N(CCN(C)C)Cc3ccccc3)n2)cc1. The number of carboxylic acids is 1. The van der Waals surface area contributed by atoms with Crippen molar-refractivity contribution in [3.63, 3.8) is 0 Å². The number of rotatable bonds is 15. The van der Waals surface area contributed by atoms with Crippen LogP contribution < -0.4 is 19.3 Å². The Bertz CT molecular complexity index is 1820. The number of aromatic nitrogens is 3. The maximum Gasteiger partial charge on any atom is 0.414 e. The molecular weight excluding hydrogens is 648 g/mol. The van der Waals surface area contributed by atoms with Gasteiger partial charge < -0.3 is 29.9 Å². The van der Waals surface area contributed by atoms with Crippen LogP contribution in [0.4, 0.5) is 22.6 Å². The van der Waals surface area contributed by atoms with Gasteiger partial charge in [0.15, 0.2) is 0 Å². The third-order valence-electron chi connectivity index (χ3n) is 7.42. The van der Waals surface area contributed by atoms with E-state index in [0.717, 1.165) is 15.4 Å². The predicted octanol–water partition coefficient (Wildman–Crippen LogP) is 3.74. The molecule has 4 aromatic rings. The fourth-order valence-electron chi connectivity index (χ4n) is 4.53. The summed E-state index contributed by atoms with van der Waals surface area (Å²) < 4.78 is 33.6. The van der Waals surface area contributed by atoms with Crippen molar-refractivity contribution in [1.29, 1.82) is 0 Å². The van der Waals surface area contributed by atoms with Crippen LogP contribution in [0.25, 0.3) is 0 Å². The van der Waals surface area contributed by atoms with E-state index in [1.54, 1.807) is 50.5 Å². The van der Waals surface area contributed by atoms with E-state index in [-0.39, 0.29) is 29.2 Å². The van der Waals surface area contributed by atoms with Gasteiger partial charge in [-0.05, 0) is 56.4 Å². The first-order chi connectivity index (χ1) is 23.2. The fourth-order valence-corrected chi connectivity index (χ4v) is 5.62. The van der Waals surface area contributed by atoms with Gasteiger partial charge in [-0.15, -0.1) is 0 Å². The van der Waals surface area contributed by atoms with Gasteiger partial charge in [-0.25, -0.2) is 22.3 Å². The lowest BCUT2D eigenvalue weighted by molar-refractivity contribution is -0.137. The van der Waals surface area contributed by atoms with Crippen molar-refractivity contribution in [1.82, 2.24) is 24.8 Å². The van der Waals surface area contributed by atoms with Crippen LogP contribution in [0.5, 0.6) is 5.75 Å². The van der Waals surface area contributed by atoms with E-state index in [0.29, 0.717) is 30.9 Å². The van der Waals surface area contributed by atoms with Gasteiger partial charge in [0, 0.05) is 47.2 Å². The summed E-state index contributed by atoms with van der Waals surface area (Å²) in [6.07, 6.45) is -0.528. The molecule has 0 bridgehead atoms. The molecule has 0 radical (unpaired) electrons. The van der Waals surface area contributed by atoms with Crippen LogP contribution >= 0.6 is 0 Å². The number of nitrogens with zero attached hydrogens (tertiary/aromatic N) is 7. The Hall–Kier alpha value is -5.28. The lowest BCUT2D eigenvalue weighted by Crippen LogP contribution is -2.36. The quantitative estimate of drug-likeness (QED) is 0.186. The van der Waals surface area contributed by atoms with E-state index in [1.807, 2.05) is 61.2 Å². The summed E-state index contributed by atoms with van der Waals surface area (Å²) in [6.45, 7) is 3.37. The number of carbonyl (C=O) groups excluding carboxylic acids is 1. The van der Waals surface area contributed by atoms with Crippen LogP contribution in [0.15, 0.2) is 83.8 Å². The van der Waals surface area contributed by atoms with E-state index >= 15 is 0 Å². The van der Waals surface area contributed by atoms with Crippen molar-refractivity contribution in [2.24, 2.45) is 0 Å². The van der Waals surface area contributed by atoms with E-state index < -0.39 is 28.1 Å².